The number of aliphatic hydroxyl groups excluding tert-OH is 8. The van der Waals surface area contributed by atoms with Crippen LogP contribution in [-0.4, -0.2) is 160 Å². The zero-order valence-electron chi connectivity index (χ0n) is 26.2. The van der Waals surface area contributed by atoms with Gasteiger partial charge in [0.1, 0.15) is 74.3 Å². The van der Waals surface area contributed by atoms with Crippen LogP contribution in [0.25, 0.3) is 0 Å². The quantitative estimate of drug-likeness (QED) is 0.0937. The summed E-state index contributed by atoms with van der Waals surface area (Å²) in [6.45, 7) is 0.0805. The first-order valence-electron chi connectivity index (χ1n) is 15.2. The van der Waals surface area contributed by atoms with Crippen LogP contribution < -0.4 is 0 Å². The lowest BCUT2D eigenvalue weighted by Gasteiger charge is -2.43. The summed E-state index contributed by atoms with van der Waals surface area (Å²) in [5.41, 5.74) is 0.944. The first-order chi connectivity index (χ1) is 22.9. The highest BCUT2D eigenvalue weighted by Gasteiger charge is 2.48. The molecule has 2 unspecified atom stereocenters. The minimum Gasteiger partial charge on any atom is -0.497 e. The van der Waals surface area contributed by atoms with Crippen molar-refractivity contribution < 1.29 is 83.6 Å². The molecule has 8 N–H and O–H groups in total. The Morgan fingerprint density at radius 1 is 0.938 bits per heavy atom. The highest BCUT2D eigenvalue weighted by atomic mass is 16.7. The van der Waals surface area contributed by atoms with Gasteiger partial charge in [-0.05, 0) is 41.9 Å². The maximum Gasteiger partial charge on any atom is 0.336 e. The molecule has 48 heavy (non-hydrogen) atoms. The lowest BCUT2D eigenvalue weighted by atomic mass is 9.89. The van der Waals surface area contributed by atoms with Crippen molar-refractivity contribution in [2.75, 3.05) is 33.5 Å². The van der Waals surface area contributed by atoms with Crippen LogP contribution in [0.3, 0.4) is 0 Å². The van der Waals surface area contributed by atoms with Crippen LogP contribution >= 0.6 is 0 Å². The van der Waals surface area contributed by atoms with Crippen molar-refractivity contribution in [1.82, 2.24) is 0 Å². The van der Waals surface area contributed by atoms with Gasteiger partial charge in [-0.3, -0.25) is 4.79 Å². The molecule has 1 aliphatic carbocycles. The van der Waals surface area contributed by atoms with E-state index in [2.05, 4.69) is 0 Å². The van der Waals surface area contributed by atoms with E-state index in [0.717, 1.165) is 7.11 Å². The van der Waals surface area contributed by atoms with E-state index in [4.69, 9.17) is 33.2 Å². The monoisotopic (exact) mass is 686 g/mol. The second-order valence-electron chi connectivity index (χ2n) is 11.4. The van der Waals surface area contributed by atoms with E-state index in [1.807, 2.05) is 0 Å². The van der Waals surface area contributed by atoms with Gasteiger partial charge in [-0.1, -0.05) is 12.2 Å². The van der Waals surface area contributed by atoms with Gasteiger partial charge in [0, 0.05) is 0 Å². The summed E-state index contributed by atoms with van der Waals surface area (Å²) in [7, 11) is 1.13. The van der Waals surface area contributed by atoms with Crippen LogP contribution in [-0.2, 0) is 42.7 Å². The Morgan fingerprint density at radius 2 is 1.60 bits per heavy atom. The Bertz CT molecular complexity index is 1290. The van der Waals surface area contributed by atoms with Crippen LogP contribution in [0.15, 0.2) is 58.9 Å². The number of methoxy groups -OCH3 is 1. The van der Waals surface area contributed by atoms with Crippen LogP contribution in [0.4, 0.5) is 0 Å². The zero-order valence-corrected chi connectivity index (χ0v) is 26.2. The van der Waals surface area contributed by atoms with E-state index in [1.165, 1.54) is 24.5 Å². The fraction of sp³-hybridized carbons (Fsp3) is 0.613. The molecule has 0 spiro atoms. The van der Waals surface area contributed by atoms with Gasteiger partial charge in [0.05, 0.1) is 38.6 Å². The van der Waals surface area contributed by atoms with Gasteiger partial charge in [-0.25, -0.2) is 4.79 Å². The third-order valence-corrected chi connectivity index (χ3v) is 8.20. The summed E-state index contributed by atoms with van der Waals surface area (Å²) in [6, 6.07) is 0. The van der Waals surface area contributed by atoms with Crippen LogP contribution in [0.1, 0.15) is 13.3 Å². The molecule has 0 aromatic heterocycles. The molecule has 4 aliphatic rings. The predicted molar refractivity (Wildman–Crippen MR) is 158 cm³/mol. The van der Waals surface area contributed by atoms with Crippen LogP contribution in [0.5, 0.6) is 0 Å². The summed E-state index contributed by atoms with van der Waals surface area (Å²) < 4.78 is 37.9. The molecule has 0 saturated carbocycles. The molecule has 2 fully saturated rings. The maximum atomic E-state index is 12.7. The maximum absolute atomic E-state index is 12.7. The number of hydrogen-bond donors (Lipinski definition) is 8. The Kier molecular flexibility index (Phi) is 13.4. The van der Waals surface area contributed by atoms with E-state index in [9.17, 15) is 50.4 Å². The number of esters is 2. The number of aliphatic hydroxyl groups is 8. The van der Waals surface area contributed by atoms with Gasteiger partial charge < -0.3 is 74.0 Å². The number of carbonyl (C=O) groups excluding carboxylic acids is 2. The number of hydrogen-bond acceptors (Lipinski definition) is 17. The Labute approximate surface area is 275 Å². The Morgan fingerprint density at radius 3 is 2.23 bits per heavy atom. The largest absolute Gasteiger partial charge is 0.497 e. The van der Waals surface area contributed by atoms with E-state index in [1.54, 1.807) is 19.1 Å². The van der Waals surface area contributed by atoms with Crippen molar-refractivity contribution in [3.05, 3.63) is 58.9 Å². The van der Waals surface area contributed by atoms with Crippen molar-refractivity contribution in [3.8, 4) is 0 Å². The number of allylic oxidation sites excluding steroid dienone is 2. The van der Waals surface area contributed by atoms with Crippen molar-refractivity contribution >= 4 is 11.9 Å². The second kappa shape index (κ2) is 17.1. The van der Waals surface area contributed by atoms with Gasteiger partial charge in [0.15, 0.2) is 12.6 Å². The summed E-state index contributed by atoms with van der Waals surface area (Å²) >= 11 is 0. The first kappa shape index (κ1) is 37.8. The van der Waals surface area contributed by atoms with Crippen molar-refractivity contribution in [2.24, 2.45) is 0 Å². The average Bonchev–Trinajstić information content (AvgIpc) is 3.09. The molecule has 12 atom stereocenters. The fourth-order valence-electron chi connectivity index (χ4n) is 5.34. The lowest BCUT2D eigenvalue weighted by Crippen LogP contribution is -2.62. The molecule has 17 heteroatoms. The molecule has 2 saturated heterocycles. The Balaban J connectivity index is 1.54. The van der Waals surface area contributed by atoms with Crippen molar-refractivity contribution in [3.63, 3.8) is 0 Å². The standard InChI is InChI=1S/C31H42O17/c1-3-15-9-16(10-17(22(15)34)29(41)42-2)19(12-44-21(33)8-14-4-6-43-7-5-14)47-31-28(40)26(38)24(36)20(48-31)13-45-30-27(39)25(37)23(35)18(11-32)46-30/h3-6,9-10,18-20,22-28,30-32,34-40H,7-8,11-13H2,1-2H3/t18-,19?,20-,22?,23-,24-,25+,26+,27-,28-,30-,31-/m1/s1. The predicted octanol–water partition coefficient (Wildman–Crippen LogP) is -3.25. The SMILES string of the molecule is CC=C1C=C(C(COC(=O)CC2=CCOC=C2)O[C@@H]2O[C@H](CO[C@@H]3O[C@H](CO)[C@@H](O)[C@H](O)[C@H]3O)[C@@H](O)[C@H](O)[C@H]2O)C=C(C(=O)OC)C1O. The van der Waals surface area contributed by atoms with Crippen LogP contribution in [0, 0.1) is 0 Å². The van der Waals surface area contributed by atoms with E-state index in [0.29, 0.717) is 5.57 Å². The summed E-state index contributed by atoms with van der Waals surface area (Å²) in [4.78, 5) is 25.2. The van der Waals surface area contributed by atoms with E-state index in [-0.39, 0.29) is 29.7 Å². The van der Waals surface area contributed by atoms with Gasteiger partial charge in [-0.2, -0.15) is 0 Å². The second-order valence-corrected chi connectivity index (χ2v) is 11.4. The Hall–Kier alpha value is -3.04. The number of carbonyl (C=O) groups is 2. The minimum atomic E-state index is -1.86. The molecule has 3 heterocycles. The highest BCUT2D eigenvalue weighted by Crippen LogP contribution is 2.31. The topological polar surface area (TPSA) is 261 Å². The first-order valence-corrected chi connectivity index (χ1v) is 15.2. The molecule has 0 aromatic rings. The van der Waals surface area contributed by atoms with Crippen molar-refractivity contribution in [1.29, 1.82) is 0 Å². The molecule has 17 nitrogen and oxygen atoms in total. The summed E-state index contributed by atoms with van der Waals surface area (Å²) in [6.07, 6.45) is -10.4. The molecule has 268 valence electrons. The number of ether oxygens (including phenoxy) is 7. The molecule has 3 aliphatic heterocycles. The van der Waals surface area contributed by atoms with Crippen molar-refractivity contribution in [2.45, 2.75) is 87.0 Å². The van der Waals surface area contributed by atoms with Gasteiger partial charge in [0.25, 0.3) is 0 Å². The van der Waals surface area contributed by atoms with E-state index >= 15 is 0 Å². The van der Waals surface area contributed by atoms with Gasteiger partial charge in [-0.15, -0.1) is 0 Å². The third kappa shape index (κ3) is 8.75. The van der Waals surface area contributed by atoms with Gasteiger partial charge in [0.2, 0.25) is 0 Å². The lowest BCUT2D eigenvalue weighted by molar-refractivity contribution is -0.335. The molecular weight excluding hydrogens is 644 g/mol. The summed E-state index contributed by atoms with van der Waals surface area (Å²) in [5.74, 6) is -1.51. The van der Waals surface area contributed by atoms with Gasteiger partial charge >= 0.3 is 11.9 Å². The highest BCUT2D eigenvalue weighted by molar-refractivity contribution is 5.91. The molecule has 4 rings (SSSR count). The normalized spacial score (nSPS) is 36.8. The average molecular weight is 687 g/mol. The molecule has 0 bridgehead atoms. The minimum absolute atomic E-state index is 0.113. The molecular formula is C31H42O17. The molecule has 0 radical (unpaired) electrons. The number of rotatable bonds is 12. The fourth-order valence-corrected chi connectivity index (χ4v) is 5.34. The zero-order chi connectivity index (χ0) is 35.1. The smallest absolute Gasteiger partial charge is 0.336 e. The van der Waals surface area contributed by atoms with Crippen LogP contribution in [0.2, 0.25) is 0 Å². The molecule has 0 aromatic carbocycles. The summed E-state index contributed by atoms with van der Waals surface area (Å²) in [5, 5.41) is 82.6. The third-order valence-electron chi connectivity index (χ3n) is 8.20. The van der Waals surface area contributed by atoms with E-state index < -0.39 is 105 Å². The molecule has 0 amide bonds.